The molecule has 0 bridgehead atoms. The molecular formula is C21H22N4O5. The van der Waals surface area contributed by atoms with Crippen LogP contribution in [0.3, 0.4) is 0 Å². The van der Waals surface area contributed by atoms with Crippen LogP contribution in [0.5, 0.6) is 23.0 Å². The Morgan fingerprint density at radius 2 is 1.57 bits per heavy atom. The molecule has 0 aliphatic rings. The van der Waals surface area contributed by atoms with Gasteiger partial charge in [0.05, 0.1) is 45.9 Å². The number of nitrogens with one attached hydrogen (secondary N) is 2. The van der Waals surface area contributed by atoms with Crippen LogP contribution >= 0.6 is 0 Å². The van der Waals surface area contributed by atoms with E-state index in [2.05, 4.69) is 20.7 Å². The molecule has 3 aromatic rings. The van der Waals surface area contributed by atoms with Crippen molar-refractivity contribution in [2.75, 3.05) is 28.4 Å². The monoisotopic (exact) mass is 410 g/mol. The third kappa shape index (κ3) is 4.52. The predicted molar refractivity (Wildman–Crippen MR) is 112 cm³/mol. The minimum absolute atomic E-state index is 0.270. The quantitative estimate of drug-likeness (QED) is 0.437. The van der Waals surface area contributed by atoms with Crippen molar-refractivity contribution in [2.24, 2.45) is 5.10 Å². The van der Waals surface area contributed by atoms with Gasteiger partial charge in [0.25, 0.3) is 5.91 Å². The number of carbonyl (C=O) groups excluding carboxylic acids is 1. The lowest BCUT2D eigenvalue weighted by atomic mass is 10.1. The lowest BCUT2D eigenvalue weighted by molar-refractivity contribution is 0.0950. The molecule has 3 rings (SSSR count). The van der Waals surface area contributed by atoms with Gasteiger partial charge >= 0.3 is 0 Å². The van der Waals surface area contributed by atoms with Crippen LogP contribution in [0.25, 0.3) is 11.3 Å². The fourth-order valence-electron chi connectivity index (χ4n) is 2.72. The lowest BCUT2D eigenvalue weighted by Crippen LogP contribution is -2.18. The zero-order valence-corrected chi connectivity index (χ0v) is 17.1. The number of benzene rings is 2. The van der Waals surface area contributed by atoms with E-state index >= 15 is 0 Å². The Morgan fingerprint density at radius 1 is 0.933 bits per heavy atom. The fraction of sp³-hybridized carbons (Fsp3) is 0.190. The fourth-order valence-corrected chi connectivity index (χ4v) is 2.72. The van der Waals surface area contributed by atoms with E-state index in [1.807, 2.05) is 24.3 Å². The van der Waals surface area contributed by atoms with Crippen molar-refractivity contribution >= 4 is 12.1 Å². The first-order valence-corrected chi connectivity index (χ1v) is 8.92. The molecule has 0 aliphatic heterocycles. The van der Waals surface area contributed by atoms with Gasteiger partial charge < -0.3 is 18.9 Å². The van der Waals surface area contributed by atoms with E-state index in [0.717, 1.165) is 11.3 Å². The molecule has 1 heterocycles. The molecule has 156 valence electrons. The van der Waals surface area contributed by atoms with Gasteiger partial charge in [0, 0.05) is 17.7 Å². The zero-order valence-electron chi connectivity index (χ0n) is 17.1. The van der Waals surface area contributed by atoms with Crippen molar-refractivity contribution in [2.45, 2.75) is 0 Å². The van der Waals surface area contributed by atoms with Gasteiger partial charge in [-0.05, 0) is 30.3 Å². The van der Waals surface area contributed by atoms with E-state index in [9.17, 15) is 4.79 Å². The molecule has 0 aliphatic carbocycles. The first kappa shape index (κ1) is 20.7. The van der Waals surface area contributed by atoms with Crippen molar-refractivity contribution in [3.05, 3.63) is 53.7 Å². The number of aromatic amines is 1. The molecule has 1 amide bonds. The molecule has 0 saturated carbocycles. The van der Waals surface area contributed by atoms with Crippen molar-refractivity contribution in [3.8, 4) is 34.3 Å². The molecule has 0 atom stereocenters. The summed E-state index contributed by atoms with van der Waals surface area (Å²) in [5.41, 5.74) is 4.77. The topological polar surface area (TPSA) is 107 Å². The Labute approximate surface area is 173 Å². The second kappa shape index (κ2) is 9.46. The SMILES string of the molecule is COc1ccc(-c2cc(C(=O)NN=Cc3c(OC)cc(OC)cc3OC)[nH]n2)cc1. The molecule has 1 aromatic heterocycles. The summed E-state index contributed by atoms with van der Waals surface area (Å²) in [4.78, 5) is 12.4. The number of carbonyl (C=O) groups is 1. The van der Waals surface area contributed by atoms with Gasteiger partial charge in [0.1, 0.15) is 28.7 Å². The molecule has 0 spiro atoms. The normalized spacial score (nSPS) is 10.7. The number of hydrogen-bond acceptors (Lipinski definition) is 7. The Kier molecular flexibility index (Phi) is 6.53. The third-order valence-corrected chi connectivity index (χ3v) is 4.32. The minimum Gasteiger partial charge on any atom is -0.497 e. The average Bonchev–Trinajstić information content (AvgIpc) is 3.29. The number of amides is 1. The van der Waals surface area contributed by atoms with Gasteiger partial charge in [0.15, 0.2) is 0 Å². The highest BCUT2D eigenvalue weighted by Crippen LogP contribution is 2.32. The van der Waals surface area contributed by atoms with Crippen LogP contribution in [0.15, 0.2) is 47.6 Å². The highest BCUT2D eigenvalue weighted by atomic mass is 16.5. The van der Waals surface area contributed by atoms with Gasteiger partial charge in [-0.15, -0.1) is 0 Å². The second-order valence-electron chi connectivity index (χ2n) is 6.04. The zero-order chi connectivity index (χ0) is 21.5. The van der Waals surface area contributed by atoms with E-state index in [1.165, 1.54) is 20.4 Å². The number of hydrogen-bond donors (Lipinski definition) is 2. The van der Waals surface area contributed by atoms with E-state index in [0.29, 0.717) is 28.5 Å². The van der Waals surface area contributed by atoms with Crippen molar-refractivity contribution in [3.63, 3.8) is 0 Å². The van der Waals surface area contributed by atoms with Crippen molar-refractivity contribution < 1.29 is 23.7 Å². The summed E-state index contributed by atoms with van der Waals surface area (Å²) in [5.74, 6) is 1.87. The van der Waals surface area contributed by atoms with Gasteiger partial charge in [-0.3, -0.25) is 9.89 Å². The number of methoxy groups -OCH3 is 4. The summed E-state index contributed by atoms with van der Waals surface area (Å²) in [5, 5.41) is 10.9. The number of aromatic nitrogens is 2. The van der Waals surface area contributed by atoms with Gasteiger partial charge in [-0.25, -0.2) is 5.43 Å². The third-order valence-electron chi connectivity index (χ3n) is 4.32. The van der Waals surface area contributed by atoms with Crippen LogP contribution in [0.4, 0.5) is 0 Å². The largest absolute Gasteiger partial charge is 0.497 e. The molecule has 30 heavy (non-hydrogen) atoms. The van der Waals surface area contributed by atoms with Crippen molar-refractivity contribution in [1.29, 1.82) is 0 Å². The molecule has 0 fully saturated rings. The van der Waals surface area contributed by atoms with E-state index in [1.54, 1.807) is 32.4 Å². The highest BCUT2D eigenvalue weighted by molar-refractivity contribution is 5.95. The number of hydrazone groups is 1. The summed E-state index contributed by atoms with van der Waals surface area (Å²) in [7, 11) is 6.20. The summed E-state index contributed by atoms with van der Waals surface area (Å²) in [6.45, 7) is 0. The summed E-state index contributed by atoms with van der Waals surface area (Å²) < 4.78 is 21.1. The number of nitrogens with zero attached hydrogens (tertiary/aromatic N) is 2. The molecular weight excluding hydrogens is 388 g/mol. The van der Waals surface area contributed by atoms with Gasteiger partial charge in [-0.2, -0.15) is 10.2 Å². The number of ether oxygens (including phenoxy) is 4. The molecule has 2 N–H and O–H groups in total. The van der Waals surface area contributed by atoms with Crippen LogP contribution in [0, 0.1) is 0 Å². The predicted octanol–water partition coefficient (Wildman–Crippen LogP) is 2.88. The summed E-state index contributed by atoms with van der Waals surface area (Å²) >= 11 is 0. The van der Waals surface area contributed by atoms with Crippen LogP contribution < -0.4 is 24.4 Å². The number of H-pyrrole nitrogens is 1. The Morgan fingerprint density at radius 3 is 2.13 bits per heavy atom. The molecule has 9 heteroatoms. The lowest BCUT2D eigenvalue weighted by Gasteiger charge is -2.12. The summed E-state index contributed by atoms with van der Waals surface area (Å²) in [6.07, 6.45) is 1.44. The average molecular weight is 410 g/mol. The molecule has 0 radical (unpaired) electrons. The maximum Gasteiger partial charge on any atom is 0.289 e. The summed E-state index contributed by atoms with van der Waals surface area (Å²) in [6, 6.07) is 12.4. The first-order chi connectivity index (χ1) is 14.6. The minimum atomic E-state index is -0.440. The maximum absolute atomic E-state index is 12.4. The van der Waals surface area contributed by atoms with E-state index < -0.39 is 5.91 Å². The smallest absolute Gasteiger partial charge is 0.289 e. The maximum atomic E-state index is 12.4. The van der Waals surface area contributed by atoms with E-state index in [4.69, 9.17) is 18.9 Å². The first-order valence-electron chi connectivity index (χ1n) is 8.92. The highest BCUT2D eigenvalue weighted by Gasteiger charge is 2.13. The standard InChI is InChI=1S/C21H22N4O5/c1-27-14-7-5-13(6-8-14)17-11-18(24-23-17)21(26)25-22-12-16-19(29-3)9-15(28-2)10-20(16)30-4/h5-12H,1-4H3,(H,23,24)(H,25,26). The van der Waals surface area contributed by atoms with Crippen LogP contribution in [-0.2, 0) is 0 Å². The van der Waals surface area contributed by atoms with Crippen LogP contribution in [0.1, 0.15) is 16.1 Å². The molecule has 0 unspecified atom stereocenters. The molecule has 0 saturated heterocycles. The second-order valence-corrected chi connectivity index (χ2v) is 6.04. The van der Waals surface area contributed by atoms with E-state index in [-0.39, 0.29) is 5.69 Å². The number of rotatable bonds is 8. The van der Waals surface area contributed by atoms with Crippen LogP contribution in [-0.4, -0.2) is 50.8 Å². The molecule has 2 aromatic carbocycles. The Bertz CT molecular complexity index is 1020. The Hall–Kier alpha value is -4.01. The Balaban J connectivity index is 1.73. The van der Waals surface area contributed by atoms with Gasteiger partial charge in [0.2, 0.25) is 0 Å². The van der Waals surface area contributed by atoms with Gasteiger partial charge in [-0.1, -0.05) is 0 Å². The molecule has 9 nitrogen and oxygen atoms in total. The van der Waals surface area contributed by atoms with Crippen molar-refractivity contribution in [1.82, 2.24) is 15.6 Å². The van der Waals surface area contributed by atoms with Crippen LogP contribution in [0.2, 0.25) is 0 Å².